The smallest absolute Gasteiger partial charge is 0.250 e. The molecule has 0 radical (unpaired) electrons. The Morgan fingerprint density at radius 2 is 2.00 bits per heavy atom. The molecule has 0 saturated carbocycles. The van der Waals surface area contributed by atoms with Gasteiger partial charge in [0.05, 0.1) is 5.69 Å². The molecule has 0 fully saturated rings. The van der Waals surface area contributed by atoms with Gasteiger partial charge in [0.2, 0.25) is 5.91 Å². The van der Waals surface area contributed by atoms with Crippen molar-refractivity contribution in [1.29, 1.82) is 0 Å². The van der Waals surface area contributed by atoms with Crippen LogP contribution in [0.4, 0.5) is 5.13 Å². The van der Waals surface area contributed by atoms with E-state index in [1.165, 1.54) is 28.5 Å². The number of anilines is 1. The molecule has 1 aromatic heterocycles. The highest BCUT2D eigenvalue weighted by Crippen LogP contribution is 2.26. The number of thiazole rings is 1. The fraction of sp³-hybridized carbons (Fsp3) is 0.100. The van der Waals surface area contributed by atoms with E-state index in [1.807, 2.05) is 29.6 Å². The molecule has 0 aliphatic carbocycles. The molecule has 0 spiro atoms. The van der Waals surface area contributed by atoms with Crippen LogP contribution < -0.4 is 5.32 Å². The Bertz CT molecular complexity index is 946. The number of halogens is 1. The van der Waals surface area contributed by atoms with Gasteiger partial charge < -0.3 is 0 Å². The highest BCUT2D eigenvalue weighted by atomic mass is 79.9. The second-order valence-electron chi connectivity index (χ2n) is 5.71. The summed E-state index contributed by atoms with van der Waals surface area (Å²) in [5, 5.41) is 5.36. The summed E-state index contributed by atoms with van der Waals surface area (Å²) >= 11 is 4.84. The number of aryl methyl sites for hydroxylation is 2. The summed E-state index contributed by atoms with van der Waals surface area (Å²) in [4.78, 5) is 16.6. The Kier molecular flexibility index (Phi) is 5.46. The molecular formula is C20H17BrN2OS. The standard InChI is InChI=1S/C20H17BrN2OS/c1-13-6-8-16(10-14(13)2)18-12-25-20(22-18)23-19(24)9-7-15-4-3-5-17(21)11-15/h3-12H,1-2H3,(H,22,23,24)/b9-7+. The first-order chi connectivity index (χ1) is 12.0. The first kappa shape index (κ1) is 17.6. The van der Waals surface area contributed by atoms with E-state index in [9.17, 15) is 4.79 Å². The van der Waals surface area contributed by atoms with Crippen LogP contribution in [0.15, 0.2) is 58.4 Å². The van der Waals surface area contributed by atoms with Gasteiger partial charge in [0.25, 0.3) is 0 Å². The van der Waals surface area contributed by atoms with Crippen LogP contribution >= 0.6 is 27.3 Å². The number of carbonyl (C=O) groups excluding carboxylic acids is 1. The van der Waals surface area contributed by atoms with Gasteiger partial charge in [0.1, 0.15) is 0 Å². The normalized spacial score (nSPS) is 11.0. The van der Waals surface area contributed by atoms with Gasteiger partial charge in [-0.25, -0.2) is 4.98 Å². The van der Waals surface area contributed by atoms with Gasteiger partial charge in [0.15, 0.2) is 5.13 Å². The fourth-order valence-corrected chi connectivity index (χ4v) is 3.43. The molecule has 126 valence electrons. The van der Waals surface area contributed by atoms with Crippen molar-refractivity contribution in [1.82, 2.24) is 4.98 Å². The quantitative estimate of drug-likeness (QED) is 0.546. The molecule has 1 amide bonds. The molecule has 3 nitrogen and oxygen atoms in total. The minimum Gasteiger partial charge on any atom is -0.298 e. The minimum atomic E-state index is -0.194. The average Bonchev–Trinajstić information content (AvgIpc) is 3.04. The molecule has 3 rings (SSSR count). The van der Waals surface area contributed by atoms with Gasteiger partial charge in [0, 0.05) is 21.5 Å². The molecule has 2 aromatic carbocycles. The summed E-state index contributed by atoms with van der Waals surface area (Å²) < 4.78 is 0.980. The van der Waals surface area contributed by atoms with Crippen molar-refractivity contribution in [3.05, 3.63) is 75.1 Å². The number of nitrogens with one attached hydrogen (secondary N) is 1. The second-order valence-corrected chi connectivity index (χ2v) is 7.49. The van der Waals surface area contributed by atoms with Gasteiger partial charge in [-0.1, -0.05) is 40.2 Å². The summed E-state index contributed by atoms with van der Waals surface area (Å²) in [7, 11) is 0. The molecule has 1 heterocycles. The van der Waals surface area contributed by atoms with E-state index in [4.69, 9.17) is 0 Å². The zero-order valence-corrected chi connectivity index (χ0v) is 16.3. The first-order valence-electron chi connectivity index (χ1n) is 7.79. The molecule has 3 aromatic rings. The molecule has 0 saturated heterocycles. The summed E-state index contributed by atoms with van der Waals surface area (Å²) in [5.41, 5.74) is 5.38. The van der Waals surface area contributed by atoms with Crippen LogP contribution in [-0.2, 0) is 4.79 Å². The van der Waals surface area contributed by atoms with E-state index >= 15 is 0 Å². The molecule has 0 bridgehead atoms. The van der Waals surface area contributed by atoms with E-state index in [0.29, 0.717) is 5.13 Å². The van der Waals surface area contributed by atoms with Crippen LogP contribution in [0.1, 0.15) is 16.7 Å². The van der Waals surface area contributed by atoms with Crippen molar-refractivity contribution in [3.8, 4) is 11.3 Å². The van der Waals surface area contributed by atoms with Crippen LogP contribution in [0.2, 0.25) is 0 Å². The molecule has 25 heavy (non-hydrogen) atoms. The van der Waals surface area contributed by atoms with Gasteiger partial charge in [-0.3, -0.25) is 10.1 Å². The monoisotopic (exact) mass is 412 g/mol. The maximum atomic E-state index is 12.1. The van der Waals surface area contributed by atoms with E-state index in [0.717, 1.165) is 21.3 Å². The van der Waals surface area contributed by atoms with Gasteiger partial charge in [-0.15, -0.1) is 11.3 Å². The molecular weight excluding hydrogens is 396 g/mol. The van der Waals surface area contributed by atoms with E-state index < -0.39 is 0 Å². The summed E-state index contributed by atoms with van der Waals surface area (Å²) in [5.74, 6) is -0.194. The maximum Gasteiger partial charge on any atom is 0.250 e. The lowest BCUT2D eigenvalue weighted by atomic mass is 10.1. The lowest BCUT2D eigenvalue weighted by Gasteiger charge is -2.02. The van der Waals surface area contributed by atoms with Crippen molar-refractivity contribution in [3.63, 3.8) is 0 Å². The highest BCUT2D eigenvalue weighted by Gasteiger charge is 2.07. The number of benzene rings is 2. The molecule has 0 aliphatic heterocycles. The SMILES string of the molecule is Cc1ccc(-c2csc(NC(=O)/C=C/c3cccc(Br)c3)n2)cc1C. The Balaban J connectivity index is 1.68. The maximum absolute atomic E-state index is 12.1. The second kappa shape index (κ2) is 7.76. The van der Waals surface area contributed by atoms with Crippen molar-refractivity contribution >= 4 is 44.4 Å². The third kappa shape index (κ3) is 4.65. The third-order valence-corrected chi connectivity index (χ3v) is 5.06. The van der Waals surface area contributed by atoms with Gasteiger partial charge >= 0.3 is 0 Å². The average molecular weight is 413 g/mol. The number of amides is 1. The number of hydrogen-bond acceptors (Lipinski definition) is 3. The fourth-order valence-electron chi connectivity index (χ4n) is 2.29. The zero-order chi connectivity index (χ0) is 17.8. The van der Waals surface area contributed by atoms with Crippen LogP contribution in [0, 0.1) is 13.8 Å². The lowest BCUT2D eigenvalue weighted by molar-refractivity contribution is -0.111. The predicted octanol–water partition coefficient (Wildman–Crippen LogP) is 5.84. The largest absolute Gasteiger partial charge is 0.298 e. The summed E-state index contributed by atoms with van der Waals surface area (Å²) in [6, 6.07) is 14.0. The summed E-state index contributed by atoms with van der Waals surface area (Å²) in [6.45, 7) is 4.17. The Labute approximate surface area is 159 Å². The molecule has 0 unspecified atom stereocenters. The highest BCUT2D eigenvalue weighted by molar-refractivity contribution is 9.10. The topological polar surface area (TPSA) is 42.0 Å². The van der Waals surface area contributed by atoms with Crippen LogP contribution in [0.5, 0.6) is 0 Å². The third-order valence-electron chi connectivity index (χ3n) is 3.81. The van der Waals surface area contributed by atoms with Crippen molar-refractivity contribution in [2.45, 2.75) is 13.8 Å². The predicted molar refractivity (Wildman–Crippen MR) is 109 cm³/mol. The Morgan fingerprint density at radius 1 is 1.16 bits per heavy atom. The van der Waals surface area contributed by atoms with Gasteiger partial charge in [-0.05, 0) is 54.8 Å². The lowest BCUT2D eigenvalue weighted by Crippen LogP contribution is -2.07. The van der Waals surface area contributed by atoms with Gasteiger partial charge in [-0.2, -0.15) is 0 Å². The minimum absolute atomic E-state index is 0.194. The molecule has 5 heteroatoms. The van der Waals surface area contributed by atoms with Crippen LogP contribution in [0.25, 0.3) is 17.3 Å². The van der Waals surface area contributed by atoms with E-state index in [2.05, 4.69) is 58.3 Å². The van der Waals surface area contributed by atoms with Crippen molar-refractivity contribution < 1.29 is 4.79 Å². The first-order valence-corrected chi connectivity index (χ1v) is 9.46. The number of nitrogens with zero attached hydrogens (tertiary/aromatic N) is 1. The Hall–Kier alpha value is -2.24. The van der Waals surface area contributed by atoms with Crippen molar-refractivity contribution in [2.75, 3.05) is 5.32 Å². The number of rotatable bonds is 4. The molecule has 0 atom stereocenters. The van der Waals surface area contributed by atoms with Crippen LogP contribution in [-0.4, -0.2) is 10.9 Å². The zero-order valence-electron chi connectivity index (χ0n) is 13.9. The number of aromatic nitrogens is 1. The summed E-state index contributed by atoms with van der Waals surface area (Å²) in [6.07, 6.45) is 3.29. The molecule has 1 N–H and O–H groups in total. The Morgan fingerprint density at radius 3 is 2.76 bits per heavy atom. The van der Waals surface area contributed by atoms with E-state index in [-0.39, 0.29) is 5.91 Å². The number of hydrogen-bond donors (Lipinski definition) is 1. The van der Waals surface area contributed by atoms with Crippen LogP contribution in [0.3, 0.4) is 0 Å². The van der Waals surface area contributed by atoms with Crippen molar-refractivity contribution in [2.24, 2.45) is 0 Å². The molecule has 0 aliphatic rings. The number of carbonyl (C=O) groups is 1. The van der Waals surface area contributed by atoms with E-state index in [1.54, 1.807) is 6.08 Å².